The third-order valence-corrected chi connectivity index (χ3v) is 4.72. The molecule has 2 rings (SSSR count). The number of likely N-dealkylation sites (tertiary alicyclic amines) is 1. The van der Waals surface area contributed by atoms with Crippen molar-refractivity contribution in [1.82, 2.24) is 4.90 Å². The molecule has 1 heterocycles. The number of rotatable bonds is 3. The zero-order chi connectivity index (χ0) is 14.9. The number of hydrogen-bond acceptors (Lipinski definition) is 4. The fourth-order valence-corrected chi connectivity index (χ4v) is 3.22. The van der Waals surface area contributed by atoms with Gasteiger partial charge in [0.05, 0.1) is 11.0 Å². The molecule has 0 saturated carbocycles. The van der Waals surface area contributed by atoms with Crippen molar-refractivity contribution in [2.24, 2.45) is 0 Å². The molecule has 0 N–H and O–H groups in total. The zero-order valence-electron chi connectivity index (χ0n) is 10.7. The van der Waals surface area contributed by atoms with E-state index in [-0.39, 0.29) is 27.5 Å². The number of hydrogen-bond donors (Lipinski definition) is 0. The maximum atomic E-state index is 12.3. The maximum absolute atomic E-state index is 12.3. The second-order valence-electron chi connectivity index (χ2n) is 4.51. The lowest BCUT2D eigenvalue weighted by molar-refractivity contribution is 0.0724. The van der Waals surface area contributed by atoms with E-state index in [1.807, 2.05) is 0 Å². The molecular weight excluding hydrogens is 325 g/mol. The van der Waals surface area contributed by atoms with Gasteiger partial charge in [-0.25, -0.2) is 8.42 Å². The minimum Gasteiger partial charge on any atom is -0.380 e. The highest BCUT2D eigenvalue weighted by Gasteiger charge is 2.27. The molecule has 5 nitrogen and oxygen atoms in total. The van der Waals surface area contributed by atoms with Crippen LogP contribution in [-0.4, -0.2) is 45.5 Å². The number of benzene rings is 1. The van der Waals surface area contributed by atoms with E-state index < -0.39 is 9.05 Å². The number of nitrogens with zero attached hydrogens (tertiary/aromatic N) is 1. The summed E-state index contributed by atoms with van der Waals surface area (Å²) in [6.45, 7) is 1.04. The Hall–Kier alpha value is -0.820. The Morgan fingerprint density at radius 3 is 2.65 bits per heavy atom. The summed E-state index contributed by atoms with van der Waals surface area (Å²) in [5.41, 5.74) is 0.202. The molecule has 0 aromatic heterocycles. The van der Waals surface area contributed by atoms with Gasteiger partial charge in [0.2, 0.25) is 0 Å². The van der Waals surface area contributed by atoms with Crippen LogP contribution in [0.3, 0.4) is 0 Å². The van der Waals surface area contributed by atoms with Gasteiger partial charge in [-0.15, -0.1) is 0 Å². The van der Waals surface area contributed by atoms with E-state index in [9.17, 15) is 13.2 Å². The van der Waals surface area contributed by atoms with Gasteiger partial charge in [-0.05, 0) is 24.6 Å². The van der Waals surface area contributed by atoms with Crippen LogP contribution in [0, 0.1) is 0 Å². The molecule has 1 fully saturated rings. The molecule has 1 amide bonds. The predicted molar refractivity (Wildman–Crippen MR) is 75.8 cm³/mol. The molecule has 110 valence electrons. The van der Waals surface area contributed by atoms with Crippen molar-refractivity contribution < 1.29 is 17.9 Å². The molecule has 20 heavy (non-hydrogen) atoms. The number of carbonyl (C=O) groups is 1. The largest absolute Gasteiger partial charge is 0.380 e. The molecular formula is C12H13Cl2NO4S. The number of carbonyl (C=O) groups excluding carboxylic acids is 1. The van der Waals surface area contributed by atoms with E-state index in [4.69, 9.17) is 27.0 Å². The number of amides is 1. The summed E-state index contributed by atoms with van der Waals surface area (Å²) >= 11 is 5.84. The third-order valence-electron chi connectivity index (χ3n) is 3.17. The van der Waals surface area contributed by atoms with Crippen molar-refractivity contribution in [1.29, 1.82) is 0 Å². The monoisotopic (exact) mass is 337 g/mol. The first-order valence-corrected chi connectivity index (χ1v) is 8.57. The Kier molecular flexibility index (Phi) is 4.59. The second kappa shape index (κ2) is 5.89. The summed E-state index contributed by atoms with van der Waals surface area (Å²) in [5.74, 6) is -0.284. The van der Waals surface area contributed by atoms with E-state index in [1.165, 1.54) is 18.2 Å². The fourth-order valence-electron chi connectivity index (χ4n) is 2.11. The minimum absolute atomic E-state index is 0.00867. The normalized spacial score (nSPS) is 19.4. The topological polar surface area (TPSA) is 63.7 Å². The van der Waals surface area contributed by atoms with Crippen LogP contribution in [0.25, 0.3) is 0 Å². The van der Waals surface area contributed by atoms with Crippen molar-refractivity contribution in [2.45, 2.75) is 17.4 Å². The highest BCUT2D eigenvalue weighted by molar-refractivity contribution is 8.13. The van der Waals surface area contributed by atoms with Gasteiger partial charge in [-0.3, -0.25) is 4.79 Å². The van der Waals surface area contributed by atoms with Gasteiger partial charge in [0.1, 0.15) is 0 Å². The summed E-state index contributed by atoms with van der Waals surface area (Å²) in [6.07, 6.45) is 0.762. The third kappa shape index (κ3) is 3.44. The first kappa shape index (κ1) is 15.6. The number of methoxy groups -OCH3 is 1. The van der Waals surface area contributed by atoms with Crippen LogP contribution >= 0.6 is 22.3 Å². The quantitative estimate of drug-likeness (QED) is 0.792. The fraction of sp³-hybridized carbons (Fsp3) is 0.417. The van der Waals surface area contributed by atoms with Crippen molar-refractivity contribution >= 4 is 37.2 Å². The lowest BCUT2D eigenvalue weighted by Gasteiger charge is -2.16. The van der Waals surface area contributed by atoms with Crippen LogP contribution in [0.4, 0.5) is 0 Å². The average molecular weight is 338 g/mol. The molecule has 1 unspecified atom stereocenters. The molecule has 0 bridgehead atoms. The molecule has 0 aliphatic carbocycles. The Morgan fingerprint density at radius 2 is 2.10 bits per heavy atom. The molecule has 1 atom stereocenters. The summed E-state index contributed by atoms with van der Waals surface area (Å²) in [7, 11) is 2.95. The van der Waals surface area contributed by atoms with Crippen molar-refractivity contribution in [3.63, 3.8) is 0 Å². The van der Waals surface area contributed by atoms with Crippen molar-refractivity contribution in [2.75, 3.05) is 20.2 Å². The Labute approximate surface area is 126 Å². The van der Waals surface area contributed by atoms with E-state index >= 15 is 0 Å². The first-order chi connectivity index (χ1) is 9.31. The SMILES string of the molecule is COC1CCN(C(=O)c2cc(Cl)cc(S(=O)(=O)Cl)c2)C1. The van der Waals surface area contributed by atoms with Crippen LogP contribution in [0.5, 0.6) is 0 Å². The van der Waals surface area contributed by atoms with Crippen molar-refractivity contribution in [3.8, 4) is 0 Å². The zero-order valence-corrected chi connectivity index (χ0v) is 13.0. The second-order valence-corrected chi connectivity index (χ2v) is 7.51. The smallest absolute Gasteiger partial charge is 0.261 e. The Balaban J connectivity index is 2.29. The van der Waals surface area contributed by atoms with Gasteiger partial charge in [-0.1, -0.05) is 11.6 Å². The van der Waals surface area contributed by atoms with E-state index in [0.29, 0.717) is 13.1 Å². The first-order valence-electron chi connectivity index (χ1n) is 5.88. The maximum Gasteiger partial charge on any atom is 0.261 e. The molecule has 0 radical (unpaired) electrons. The molecule has 8 heteroatoms. The van der Waals surface area contributed by atoms with Gasteiger partial charge in [0, 0.05) is 41.5 Å². The Bertz CT molecular complexity index is 632. The van der Waals surface area contributed by atoms with Gasteiger partial charge in [0.15, 0.2) is 0 Å². The van der Waals surface area contributed by atoms with Gasteiger partial charge < -0.3 is 9.64 Å². The molecule has 1 aromatic carbocycles. The van der Waals surface area contributed by atoms with Gasteiger partial charge >= 0.3 is 0 Å². The molecule has 1 aromatic rings. The predicted octanol–water partition coefficient (Wildman–Crippen LogP) is 2.13. The van der Waals surface area contributed by atoms with Crippen molar-refractivity contribution in [3.05, 3.63) is 28.8 Å². The Morgan fingerprint density at radius 1 is 1.40 bits per heavy atom. The molecule has 1 saturated heterocycles. The number of ether oxygens (including phenoxy) is 1. The van der Waals surface area contributed by atoms with Crippen LogP contribution in [-0.2, 0) is 13.8 Å². The van der Waals surface area contributed by atoms with Gasteiger partial charge in [-0.2, -0.15) is 0 Å². The standard InChI is InChI=1S/C12H13Cl2NO4S/c1-19-10-2-3-15(7-10)12(16)8-4-9(13)6-11(5-8)20(14,17)18/h4-6,10H,2-3,7H2,1H3. The highest BCUT2D eigenvalue weighted by atomic mass is 35.7. The van der Waals surface area contributed by atoms with Crippen LogP contribution in [0.1, 0.15) is 16.8 Å². The summed E-state index contributed by atoms with van der Waals surface area (Å²) in [6, 6.07) is 3.87. The molecule has 1 aliphatic heterocycles. The summed E-state index contributed by atoms with van der Waals surface area (Å²) in [5, 5.41) is 0.151. The highest BCUT2D eigenvalue weighted by Crippen LogP contribution is 2.24. The lowest BCUT2D eigenvalue weighted by atomic mass is 10.2. The lowest BCUT2D eigenvalue weighted by Crippen LogP contribution is -2.30. The number of halogens is 2. The minimum atomic E-state index is -3.93. The molecule has 0 spiro atoms. The van der Waals surface area contributed by atoms with E-state index in [0.717, 1.165) is 6.42 Å². The molecule has 1 aliphatic rings. The average Bonchev–Trinajstić information content (AvgIpc) is 2.84. The van der Waals surface area contributed by atoms with Crippen LogP contribution in [0.15, 0.2) is 23.1 Å². The van der Waals surface area contributed by atoms with Gasteiger partial charge in [0.25, 0.3) is 15.0 Å². The van der Waals surface area contributed by atoms with Crippen LogP contribution in [0.2, 0.25) is 5.02 Å². The summed E-state index contributed by atoms with van der Waals surface area (Å²) in [4.78, 5) is 13.7. The van der Waals surface area contributed by atoms with E-state index in [1.54, 1.807) is 12.0 Å². The summed E-state index contributed by atoms with van der Waals surface area (Å²) < 4.78 is 27.9. The van der Waals surface area contributed by atoms with E-state index in [2.05, 4.69) is 0 Å². The van der Waals surface area contributed by atoms with Crippen LogP contribution < -0.4 is 0 Å².